The lowest BCUT2D eigenvalue weighted by Crippen LogP contribution is -2.63. The van der Waals surface area contributed by atoms with Crippen molar-refractivity contribution in [3.05, 3.63) is 28.8 Å². The minimum absolute atomic E-state index is 0.128. The molecule has 2 saturated heterocycles. The highest BCUT2D eigenvalue weighted by Crippen LogP contribution is 2.58. The van der Waals surface area contributed by atoms with Gasteiger partial charge in [-0.3, -0.25) is 9.80 Å². The molecule has 0 amide bonds. The number of phenols is 1. The maximum absolute atomic E-state index is 11.7. The Labute approximate surface area is 281 Å². The minimum Gasteiger partial charge on any atom is -0.507 e. The molecule has 2 fully saturated rings. The maximum Gasteiger partial charge on any atom is 0.123 e. The number of piperidine rings is 2. The van der Waals surface area contributed by atoms with Crippen LogP contribution in [0.1, 0.15) is 172 Å². The topological polar surface area (TPSA) is 26.7 Å². The molecule has 2 heterocycles. The molecule has 3 nitrogen and oxygen atoms in total. The number of hydrogen-bond donors (Lipinski definition) is 1. The van der Waals surface area contributed by atoms with Crippen molar-refractivity contribution in [2.24, 2.45) is 23.2 Å². The van der Waals surface area contributed by atoms with Gasteiger partial charge in [-0.25, -0.2) is 0 Å². The van der Waals surface area contributed by atoms with Gasteiger partial charge in [-0.15, -0.1) is 0 Å². The second-order valence-corrected chi connectivity index (χ2v) is 20.5. The molecule has 2 atom stereocenters. The molecule has 45 heavy (non-hydrogen) atoms. The fourth-order valence-electron chi connectivity index (χ4n) is 10.1. The molecule has 1 aromatic carbocycles. The van der Waals surface area contributed by atoms with Crippen molar-refractivity contribution in [2.75, 3.05) is 14.1 Å². The number of unbranched alkanes of at least 4 members (excludes halogenated alkanes) is 1. The van der Waals surface area contributed by atoms with Crippen molar-refractivity contribution in [3.63, 3.8) is 0 Å². The van der Waals surface area contributed by atoms with Crippen LogP contribution < -0.4 is 0 Å². The van der Waals surface area contributed by atoms with E-state index in [4.69, 9.17) is 0 Å². The Hall–Kier alpha value is -1.06. The third-order valence-corrected chi connectivity index (χ3v) is 13.4. The van der Waals surface area contributed by atoms with E-state index >= 15 is 0 Å². The Bertz CT molecular complexity index is 1110. The molecule has 1 aromatic rings. The molecule has 0 aliphatic carbocycles. The van der Waals surface area contributed by atoms with E-state index in [0.717, 1.165) is 17.5 Å². The molecule has 0 radical (unpaired) electrons. The zero-order chi connectivity index (χ0) is 34.8. The average molecular weight is 625 g/mol. The molecule has 0 bridgehead atoms. The van der Waals surface area contributed by atoms with Crippen LogP contribution in [0.3, 0.4) is 0 Å². The summed E-state index contributed by atoms with van der Waals surface area (Å²) in [6.45, 7) is 38.5. The number of nitrogens with zero attached hydrogens (tertiary/aromatic N) is 2. The minimum atomic E-state index is -0.128. The van der Waals surface area contributed by atoms with Crippen molar-refractivity contribution in [3.8, 4) is 5.75 Å². The highest BCUT2D eigenvalue weighted by Gasteiger charge is 2.55. The standard InChI is InChI=1S/C42H76N2O/c1-19-20-21-42(32-27-40(13,14)44(18)41(15,16)28-32,29(2)31-25-38(9,10)43(17)39(11,12)26-31)24-30-22-33(36(3,4)5)35(45)34(23-30)37(6,7)8/h22-23,29,31-32,45H,19-21,24-28H2,1-18H3. The summed E-state index contributed by atoms with van der Waals surface area (Å²) in [5, 5.41) is 11.7. The number of likely N-dealkylation sites (tertiary alicyclic amines) is 2. The van der Waals surface area contributed by atoms with Crippen LogP contribution in [0.25, 0.3) is 0 Å². The first-order valence-electron chi connectivity index (χ1n) is 18.5. The molecule has 2 aliphatic heterocycles. The highest BCUT2D eigenvalue weighted by molar-refractivity contribution is 5.50. The van der Waals surface area contributed by atoms with Gasteiger partial charge in [-0.05, 0) is 159 Å². The van der Waals surface area contributed by atoms with Crippen LogP contribution >= 0.6 is 0 Å². The van der Waals surface area contributed by atoms with Crippen molar-refractivity contribution in [1.29, 1.82) is 0 Å². The lowest BCUT2D eigenvalue weighted by Gasteiger charge is -2.62. The molecule has 0 saturated carbocycles. The number of aromatic hydroxyl groups is 1. The molecule has 3 rings (SSSR count). The van der Waals surface area contributed by atoms with Crippen molar-refractivity contribution in [2.45, 2.75) is 195 Å². The normalized spacial score (nSPS) is 25.2. The van der Waals surface area contributed by atoms with Gasteiger partial charge in [0, 0.05) is 22.2 Å². The van der Waals surface area contributed by atoms with Gasteiger partial charge in [0.25, 0.3) is 0 Å². The SMILES string of the molecule is CCCCC(Cc1cc(C(C)(C)C)c(O)c(C(C)(C)C)c1)(C1CC(C)(C)N(C)C(C)(C)C1)C(C)C1CC(C)(C)N(C)C(C)(C)C1. The second kappa shape index (κ2) is 12.4. The summed E-state index contributed by atoms with van der Waals surface area (Å²) in [5.41, 5.74) is 4.16. The highest BCUT2D eigenvalue weighted by atomic mass is 16.3. The van der Waals surface area contributed by atoms with Gasteiger partial charge in [-0.1, -0.05) is 80.4 Å². The summed E-state index contributed by atoms with van der Waals surface area (Å²) in [6.07, 6.45) is 9.83. The molecule has 0 aromatic heterocycles. The molecule has 3 heteroatoms. The van der Waals surface area contributed by atoms with Gasteiger partial charge < -0.3 is 5.11 Å². The monoisotopic (exact) mass is 625 g/mol. The number of rotatable bonds is 8. The van der Waals surface area contributed by atoms with Gasteiger partial charge in [0.05, 0.1) is 0 Å². The van der Waals surface area contributed by atoms with E-state index in [9.17, 15) is 5.11 Å². The summed E-state index contributed by atoms with van der Waals surface area (Å²) < 4.78 is 0. The molecule has 2 unspecified atom stereocenters. The molecule has 260 valence electrons. The van der Waals surface area contributed by atoms with Crippen molar-refractivity contribution < 1.29 is 5.11 Å². The van der Waals surface area contributed by atoms with Crippen LogP contribution in [0.15, 0.2) is 12.1 Å². The van der Waals surface area contributed by atoms with Gasteiger partial charge in [-0.2, -0.15) is 0 Å². The van der Waals surface area contributed by atoms with Crippen LogP contribution in [0, 0.1) is 23.2 Å². The smallest absolute Gasteiger partial charge is 0.123 e. The Morgan fingerprint density at radius 1 is 0.733 bits per heavy atom. The predicted octanol–water partition coefficient (Wildman–Crippen LogP) is 11.1. The van der Waals surface area contributed by atoms with Crippen LogP contribution in [0.5, 0.6) is 5.75 Å². The van der Waals surface area contributed by atoms with Gasteiger partial charge in [0.15, 0.2) is 0 Å². The quantitative estimate of drug-likeness (QED) is 0.312. The van der Waals surface area contributed by atoms with E-state index < -0.39 is 0 Å². The average Bonchev–Trinajstić information content (AvgIpc) is 2.86. The van der Waals surface area contributed by atoms with E-state index in [-0.39, 0.29) is 38.4 Å². The summed E-state index contributed by atoms with van der Waals surface area (Å²) in [5.74, 6) is 2.37. The van der Waals surface area contributed by atoms with Gasteiger partial charge >= 0.3 is 0 Å². The third kappa shape index (κ3) is 7.66. The Balaban J connectivity index is 2.34. The Morgan fingerprint density at radius 3 is 1.47 bits per heavy atom. The molecular weight excluding hydrogens is 548 g/mol. The Kier molecular flexibility index (Phi) is 10.6. The van der Waals surface area contributed by atoms with E-state index in [1.807, 2.05) is 0 Å². The molecular formula is C42H76N2O. The lowest BCUT2D eigenvalue weighted by molar-refractivity contribution is -0.114. The van der Waals surface area contributed by atoms with Crippen molar-refractivity contribution in [1.82, 2.24) is 9.80 Å². The van der Waals surface area contributed by atoms with E-state index in [2.05, 4.69) is 147 Å². The zero-order valence-corrected chi connectivity index (χ0v) is 33.4. The number of phenolic OH excluding ortho intramolecular Hbond substituents is 1. The summed E-state index contributed by atoms with van der Waals surface area (Å²) in [7, 11) is 4.71. The van der Waals surface area contributed by atoms with Gasteiger partial charge in [0.1, 0.15) is 5.75 Å². The molecule has 1 N–H and O–H groups in total. The van der Waals surface area contributed by atoms with Crippen LogP contribution in [-0.2, 0) is 17.3 Å². The van der Waals surface area contributed by atoms with Crippen LogP contribution in [0.2, 0.25) is 0 Å². The molecule has 0 spiro atoms. The second-order valence-electron chi connectivity index (χ2n) is 20.5. The first-order valence-corrected chi connectivity index (χ1v) is 18.5. The first-order chi connectivity index (χ1) is 20.1. The summed E-state index contributed by atoms with van der Waals surface area (Å²) >= 11 is 0. The zero-order valence-electron chi connectivity index (χ0n) is 33.4. The Morgan fingerprint density at radius 2 is 1.11 bits per heavy atom. The van der Waals surface area contributed by atoms with E-state index in [0.29, 0.717) is 23.5 Å². The fourth-order valence-corrected chi connectivity index (χ4v) is 10.1. The van der Waals surface area contributed by atoms with Gasteiger partial charge in [0.2, 0.25) is 0 Å². The van der Waals surface area contributed by atoms with E-state index in [1.165, 1.54) is 50.5 Å². The molecule has 2 aliphatic rings. The van der Waals surface area contributed by atoms with Crippen LogP contribution in [0.4, 0.5) is 0 Å². The first kappa shape index (κ1) is 38.4. The largest absolute Gasteiger partial charge is 0.507 e. The maximum atomic E-state index is 11.7. The van der Waals surface area contributed by atoms with Crippen molar-refractivity contribution >= 4 is 0 Å². The third-order valence-electron chi connectivity index (χ3n) is 13.4. The fraction of sp³-hybridized carbons (Fsp3) is 0.857. The predicted molar refractivity (Wildman–Crippen MR) is 198 cm³/mol. The number of benzene rings is 1. The van der Waals surface area contributed by atoms with E-state index in [1.54, 1.807) is 0 Å². The summed E-state index contributed by atoms with van der Waals surface area (Å²) in [6, 6.07) is 4.82. The lowest BCUT2D eigenvalue weighted by atomic mass is 9.51. The van der Waals surface area contributed by atoms with Crippen LogP contribution in [-0.4, -0.2) is 51.2 Å². The summed E-state index contributed by atoms with van der Waals surface area (Å²) in [4.78, 5) is 5.33. The number of hydrogen-bond acceptors (Lipinski definition) is 3.